The maximum absolute atomic E-state index is 9.39. The van der Waals surface area contributed by atoms with Crippen molar-refractivity contribution in [3.8, 4) is 11.8 Å². The minimum Gasteiger partial charge on any atom is -0.494 e. The van der Waals surface area contributed by atoms with E-state index in [1.165, 1.54) is 0 Å². The number of oxazole rings is 1. The van der Waals surface area contributed by atoms with Gasteiger partial charge in [0.2, 0.25) is 17.5 Å². The number of anilines is 1. The van der Waals surface area contributed by atoms with E-state index in [9.17, 15) is 5.26 Å². The van der Waals surface area contributed by atoms with Gasteiger partial charge in [0, 0.05) is 19.2 Å². The summed E-state index contributed by atoms with van der Waals surface area (Å²) in [6.45, 7) is 7.98. The van der Waals surface area contributed by atoms with E-state index in [0.29, 0.717) is 37.2 Å². The highest BCUT2D eigenvalue weighted by Crippen LogP contribution is 2.26. The van der Waals surface area contributed by atoms with Gasteiger partial charge < -0.3 is 18.8 Å². The lowest BCUT2D eigenvalue weighted by Crippen LogP contribution is -2.45. The van der Waals surface area contributed by atoms with Gasteiger partial charge in [0.25, 0.3) is 0 Å². The molecule has 2 atom stereocenters. The Kier molecular flexibility index (Phi) is 5.59. The quantitative estimate of drug-likeness (QED) is 0.816. The van der Waals surface area contributed by atoms with Crippen LogP contribution in [0.25, 0.3) is 12.2 Å². The predicted molar refractivity (Wildman–Crippen MR) is 100.0 cm³/mol. The lowest BCUT2D eigenvalue weighted by atomic mass is 10.2. The highest BCUT2D eigenvalue weighted by Gasteiger charge is 2.27. The third-order valence-electron chi connectivity index (χ3n) is 4.05. The number of hydrogen-bond donors (Lipinski definition) is 0. The van der Waals surface area contributed by atoms with Crippen LogP contribution in [0, 0.1) is 11.3 Å². The van der Waals surface area contributed by atoms with Crippen LogP contribution in [0.15, 0.2) is 28.7 Å². The van der Waals surface area contributed by atoms with Gasteiger partial charge in [-0.1, -0.05) is 12.1 Å². The normalized spacial score (nSPS) is 20.3. The summed E-state index contributed by atoms with van der Waals surface area (Å²) in [5.41, 5.74) is 1.30. The molecule has 26 heavy (non-hydrogen) atoms. The zero-order valence-corrected chi connectivity index (χ0v) is 15.3. The van der Waals surface area contributed by atoms with Gasteiger partial charge in [-0.05, 0) is 44.5 Å². The molecule has 3 rings (SSSR count). The lowest BCUT2D eigenvalue weighted by molar-refractivity contribution is -0.00642. The van der Waals surface area contributed by atoms with Crippen molar-refractivity contribution in [2.24, 2.45) is 0 Å². The molecule has 2 heterocycles. The third kappa shape index (κ3) is 4.24. The summed E-state index contributed by atoms with van der Waals surface area (Å²) >= 11 is 0. The molecular formula is C20H23N3O3. The summed E-state index contributed by atoms with van der Waals surface area (Å²) < 4.78 is 17.0. The Balaban J connectivity index is 1.77. The van der Waals surface area contributed by atoms with E-state index in [1.807, 2.05) is 56.0 Å². The fourth-order valence-electron chi connectivity index (χ4n) is 3.04. The Bertz CT molecular complexity index is 795. The van der Waals surface area contributed by atoms with E-state index < -0.39 is 0 Å². The Morgan fingerprint density at radius 2 is 1.92 bits per heavy atom. The van der Waals surface area contributed by atoms with Crippen LogP contribution in [-0.2, 0) is 4.74 Å². The minimum absolute atomic E-state index is 0.0817. The van der Waals surface area contributed by atoms with Crippen LogP contribution in [0.3, 0.4) is 0 Å². The monoisotopic (exact) mass is 353 g/mol. The molecule has 1 aromatic carbocycles. The summed E-state index contributed by atoms with van der Waals surface area (Å²) in [6.07, 6.45) is 3.83. The van der Waals surface area contributed by atoms with Gasteiger partial charge in [-0.2, -0.15) is 10.2 Å². The van der Waals surface area contributed by atoms with Crippen molar-refractivity contribution in [1.82, 2.24) is 4.98 Å². The Morgan fingerprint density at radius 1 is 1.23 bits per heavy atom. The fourth-order valence-corrected chi connectivity index (χ4v) is 3.04. The maximum Gasteiger partial charge on any atom is 0.235 e. The molecule has 0 bridgehead atoms. The van der Waals surface area contributed by atoms with Crippen LogP contribution in [0.2, 0.25) is 0 Å². The summed E-state index contributed by atoms with van der Waals surface area (Å²) in [7, 11) is 0. The summed E-state index contributed by atoms with van der Waals surface area (Å²) in [5, 5.41) is 9.39. The molecule has 6 nitrogen and oxygen atoms in total. The van der Waals surface area contributed by atoms with Crippen molar-refractivity contribution < 1.29 is 13.9 Å². The molecule has 0 saturated carbocycles. The number of ether oxygens (including phenoxy) is 2. The van der Waals surface area contributed by atoms with Gasteiger partial charge in [0.15, 0.2) is 0 Å². The van der Waals surface area contributed by atoms with Crippen molar-refractivity contribution in [3.05, 3.63) is 41.4 Å². The standard InChI is InChI=1S/C20H23N3O3/c1-4-24-17-8-5-16(6-9-17)7-10-19-22-18(11-21)20(26-19)23-12-14(2)25-15(3)13-23/h5-10,14-15H,4,12-13H2,1-3H3/b10-7+/t14-,15+. The average Bonchev–Trinajstić information content (AvgIpc) is 3.04. The highest BCUT2D eigenvalue weighted by atomic mass is 16.5. The molecule has 1 fully saturated rings. The first-order chi connectivity index (χ1) is 12.6. The highest BCUT2D eigenvalue weighted by molar-refractivity contribution is 5.67. The van der Waals surface area contributed by atoms with Crippen molar-refractivity contribution in [1.29, 1.82) is 5.26 Å². The Hall–Kier alpha value is -2.78. The topological polar surface area (TPSA) is 71.5 Å². The molecule has 0 spiro atoms. The predicted octanol–water partition coefficient (Wildman–Crippen LogP) is 3.73. The Morgan fingerprint density at radius 3 is 2.54 bits per heavy atom. The number of aromatic nitrogens is 1. The molecule has 0 N–H and O–H groups in total. The van der Waals surface area contributed by atoms with E-state index in [2.05, 4.69) is 11.1 Å². The molecule has 6 heteroatoms. The van der Waals surface area contributed by atoms with Crippen LogP contribution in [0.4, 0.5) is 5.88 Å². The van der Waals surface area contributed by atoms with Gasteiger partial charge in [-0.3, -0.25) is 0 Å². The average molecular weight is 353 g/mol. The van der Waals surface area contributed by atoms with Crippen LogP contribution >= 0.6 is 0 Å². The minimum atomic E-state index is 0.0817. The fraction of sp³-hybridized carbons (Fsp3) is 0.400. The van der Waals surface area contributed by atoms with Gasteiger partial charge in [-0.15, -0.1) is 0 Å². The summed E-state index contributed by atoms with van der Waals surface area (Å²) in [5.74, 6) is 1.77. The SMILES string of the molecule is CCOc1ccc(/C=C/c2nc(C#N)c(N3C[C@@H](C)O[C@@H](C)C3)o2)cc1. The molecule has 1 aromatic heterocycles. The van der Waals surface area contributed by atoms with Crippen molar-refractivity contribution >= 4 is 18.0 Å². The number of nitriles is 1. The smallest absolute Gasteiger partial charge is 0.235 e. The largest absolute Gasteiger partial charge is 0.494 e. The molecule has 1 saturated heterocycles. The van der Waals surface area contributed by atoms with Gasteiger partial charge in [0.05, 0.1) is 18.8 Å². The molecule has 2 aromatic rings. The molecule has 136 valence electrons. The molecule has 1 aliphatic heterocycles. The third-order valence-corrected chi connectivity index (χ3v) is 4.05. The number of nitrogens with zero attached hydrogens (tertiary/aromatic N) is 3. The second-order valence-corrected chi connectivity index (χ2v) is 6.32. The van der Waals surface area contributed by atoms with Crippen molar-refractivity contribution in [2.45, 2.75) is 33.0 Å². The maximum atomic E-state index is 9.39. The second-order valence-electron chi connectivity index (χ2n) is 6.32. The van der Waals surface area contributed by atoms with Crippen LogP contribution in [0.5, 0.6) is 5.75 Å². The molecule has 1 aliphatic rings. The van der Waals surface area contributed by atoms with Gasteiger partial charge in [-0.25, -0.2) is 0 Å². The van der Waals surface area contributed by atoms with E-state index in [-0.39, 0.29) is 12.2 Å². The molecule has 0 unspecified atom stereocenters. The van der Waals surface area contributed by atoms with E-state index in [0.717, 1.165) is 11.3 Å². The van der Waals surface area contributed by atoms with E-state index >= 15 is 0 Å². The number of benzene rings is 1. The van der Waals surface area contributed by atoms with Crippen LogP contribution in [-0.4, -0.2) is 36.9 Å². The zero-order valence-electron chi connectivity index (χ0n) is 15.3. The summed E-state index contributed by atoms with van der Waals surface area (Å²) in [6, 6.07) is 9.88. The first-order valence-electron chi connectivity index (χ1n) is 8.81. The van der Waals surface area contributed by atoms with Crippen LogP contribution in [0.1, 0.15) is 37.9 Å². The number of hydrogen-bond acceptors (Lipinski definition) is 6. The summed E-state index contributed by atoms with van der Waals surface area (Å²) in [4.78, 5) is 6.32. The van der Waals surface area contributed by atoms with Crippen LogP contribution < -0.4 is 9.64 Å². The number of morpholine rings is 1. The van der Waals surface area contributed by atoms with Crippen molar-refractivity contribution in [2.75, 3.05) is 24.6 Å². The molecule has 0 radical (unpaired) electrons. The zero-order chi connectivity index (χ0) is 18.5. The first kappa shape index (κ1) is 18.0. The van der Waals surface area contributed by atoms with E-state index in [1.54, 1.807) is 6.08 Å². The molecule has 0 amide bonds. The second kappa shape index (κ2) is 8.07. The molecule has 0 aliphatic carbocycles. The molecular weight excluding hydrogens is 330 g/mol. The first-order valence-corrected chi connectivity index (χ1v) is 8.81. The van der Waals surface area contributed by atoms with Gasteiger partial charge >= 0.3 is 0 Å². The lowest BCUT2D eigenvalue weighted by Gasteiger charge is -2.34. The Labute approximate surface area is 153 Å². The van der Waals surface area contributed by atoms with Crippen molar-refractivity contribution in [3.63, 3.8) is 0 Å². The van der Waals surface area contributed by atoms with E-state index in [4.69, 9.17) is 13.9 Å². The van der Waals surface area contributed by atoms with Gasteiger partial charge in [0.1, 0.15) is 11.8 Å². The number of rotatable bonds is 5.